The van der Waals surface area contributed by atoms with Crippen LogP contribution in [0, 0.1) is 6.92 Å². The second-order valence-electron chi connectivity index (χ2n) is 7.72. The molecule has 34 heavy (non-hydrogen) atoms. The Morgan fingerprint density at radius 3 is 2.12 bits per heavy atom. The fraction of sp³-hybridized carbons (Fsp3) is 0.185. The molecule has 4 rings (SSSR count). The molecule has 1 aromatic heterocycles. The quantitative estimate of drug-likeness (QED) is 0.317. The Kier molecular flexibility index (Phi) is 6.65. The summed E-state index contributed by atoms with van der Waals surface area (Å²) in [6.45, 7) is 6.51. The smallest absolute Gasteiger partial charge is 0.208 e. The largest absolute Gasteiger partial charge is 0.494 e. The van der Waals surface area contributed by atoms with Crippen LogP contribution in [0.3, 0.4) is 0 Å². The number of nitrogens with zero attached hydrogens (tertiary/aromatic N) is 1. The molecular formula is C27H25NO5S. The summed E-state index contributed by atoms with van der Waals surface area (Å²) in [6.07, 6.45) is 1.34. The second kappa shape index (κ2) is 9.65. The van der Waals surface area contributed by atoms with Gasteiger partial charge in [0.2, 0.25) is 9.84 Å². The van der Waals surface area contributed by atoms with Gasteiger partial charge in [0.1, 0.15) is 11.5 Å². The standard InChI is InChI=1S/C27H25NO5S/c1-4-32-20-10-13-22(14-11-20)34(30,31)27-23-16-21(33-5-2)12-15-25(23)28-17-24(27)26(29)19-8-6-18(3)7-9-19/h6-17H,4-5H2,1-3H3. The normalized spacial score (nSPS) is 11.4. The van der Waals surface area contributed by atoms with Gasteiger partial charge in [-0.1, -0.05) is 29.8 Å². The van der Waals surface area contributed by atoms with Gasteiger partial charge in [0.05, 0.1) is 34.1 Å². The molecule has 1 heterocycles. The summed E-state index contributed by atoms with van der Waals surface area (Å²) >= 11 is 0. The number of carbonyl (C=O) groups excluding carboxylic acids is 1. The molecule has 0 aliphatic heterocycles. The minimum Gasteiger partial charge on any atom is -0.494 e. The fourth-order valence-electron chi connectivity index (χ4n) is 3.72. The van der Waals surface area contributed by atoms with E-state index in [1.54, 1.807) is 42.5 Å². The SMILES string of the molecule is CCOc1ccc(S(=O)(=O)c2c(C(=O)c3ccc(C)cc3)cnc3ccc(OCC)cc23)cc1. The third-order valence-corrected chi connectivity index (χ3v) is 7.24. The number of hydrogen-bond donors (Lipinski definition) is 0. The summed E-state index contributed by atoms with van der Waals surface area (Å²) in [7, 11) is -4.09. The molecule has 0 atom stereocenters. The van der Waals surface area contributed by atoms with E-state index in [-0.39, 0.29) is 15.4 Å². The maximum absolute atomic E-state index is 13.9. The van der Waals surface area contributed by atoms with Gasteiger partial charge >= 0.3 is 0 Å². The Balaban J connectivity index is 1.97. The zero-order valence-corrected chi connectivity index (χ0v) is 20.1. The van der Waals surface area contributed by atoms with Crippen molar-refractivity contribution in [2.75, 3.05) is 13.2 Å². The van der Waals surface area contributed by atoms with E-state index in [0.717, 1.165) is 5.56 Å². The van der Waals surface area contributed by atoms with Gasteiger partial charge in [0.25, 0.3) is 0 Å². The molecule has 0 amide bonds. The molecule has 0 unspecified atom stereocenters. The van der Waals surface area contributed by atoms with Crippen LogP contribution < -0.4 is 9.47 Å². The highest BCUT2D eigenvalue weighted by Crippen LogP contribution is 2.34. The van der Waals surface area contributed by atoms with E-state index in [9.17, 15) is 13.2 Å². The van der Waals surface area contributed by atoms with Crippen molar-refractivity contribution in [3.63, 3.8) is 0 Å². The number of pyridine rings is 1. The van der Waals surface area contributed by atoms with Crippen LogP contribution in [-0.4, -0.2) is 32.4 Å². The van der Waals surface area contributed by atoms with Crippen molar-refractivity contribution in [3.8, 4) is 11.5 Å². The zero-order valence-electron chi connectivity index (χ0n) is 19.2. The maximum Gasteiger partial charge on any atom is 0.208 e. The van der Waals surface area contributed by atoms with Crippen LogP contribution >= 0.6 is 0 Å². The van der Waals surface area contributed by atoms with Crippen molar-refractivity contribution >= 4 is 26.5 Å². The van der Waals surface area contributed by atoms with Gasteiger partial charge in [-0.25, -0.2) is 8.42 Å². The Hall–Kier alpha value is -3.71. The van der Waals surface area contributed by atoms with E-state index in [2.05, 4.69) is 4.98 Å². The molecule has 0 saturated heterocycles. The van der Waals surface area contributed by atoms with Crippen LogP contribution in [0.15, 0.2) is 82.7 Å². The summed E-state index contributed by atoms with van der Waals surface area (Å²) < 4.78 is 38.9. The molecule has 3 aromatic carbocycles. The van der Waals surface area contributed by atoms with E-state index < -0.39 is 15.6 Å². The third-order valence-electron chi connectivity index (χ3n) is 5.37. The lowest BCUT2D eigenvalue weighted by Crippen LogP contribution is -2.13. The van der Waals surface area contributed by atoms with E-state index in [1.807, 2.05) is 32.9 Å². The van der Waals surface area contributed by atoms with Crippen LogP contribution in [0.4, 0.5) is 0 Å². The topological polar surface area (TPSA) is 82.6 Å². The number of benzene rings is 3. The van der Waals surface area contributed by atoms with E-state index in [1.165, 1.54) is 18.3 Å². The Bertz CT molecular complexity index is 1440. The van der Waals surface area contributed by atoms with Gasteiger partial charge in [-0.15, -0.1) is 0 Å². The Morgan fingerprint density at radius 2 is 1.47 bits per heavy atom. The minimum absolute atomic E-state index is 0.0129. The van der Waals surface area contributed by atoms with Gasteiger partial charge in [-0.05, 0) is 63.2 Å². The Morgan fingerprint density at radius 1 is 0.853 bits per heavy atom. The monoisotopic (exact) mass is 475 g/mol. The molecule has 0 saturated carbocycles. The molecular weight excluding hydrogens is 450 g/mol. The molecule has 0 bridgehead atoms. The first kappa shape index (κ1) is 23.4. The van der Waals surface area contributed by atoms with Gasteiger partial charge in [-0.2, -0.15) is 0 Å². The minimum atomic E-state index is -4.09. The van der Waals surface area contributed by atoms with E-state index in [4.69, 9.17) is 9.47 Å². The number of ether oxygens (including phenoxy) is 2. The molecule has 0 fully saturated rings. The van der Waals surface area contributed by atoms with Crippen molar-refractivity contribution in [2.24, 2.45) is 0 Å². The maximum atomic E-state index is 13.9. The van der Waals surface area contributed by atoms with Gasteiger partial charge in [0.15, 0.2) is 5.78 Å². The summed E-state index contributed by atoms with van der Waals surface area (Å²) in [4.78, 5) is 17.9. The lowest BCUT2D eigenvalue weighted by atomic mass is 10.0. The number of hydrogen-bond acceptors (Lipinski definition) is 6. The number of sulfone groups is 1. The van der Waals surface area contributed by atoms with Crippen molar-refractivity contribution in [1.29, 1.82) is 0 Å². The van der Waals surface area contributed by atoms with E-state index >= 15 is 0 Å². The molecule has 0 spiro atoms. The van der Waals surface area contributed by atoms with Crippen LogP contribution in [0.2, 0.25) is 0 Å². The van der Waals surface area contributed by atoms with Crippen molar-refractivity contribution in [1.82, 2.24) is 4.98 Å². The van der Waals surface area contributed by atoms with Crippen molar-refractivity contribution < 1.29 is 22.7 Å². The summed E-state index contributed by atoms with van der Waals surface area (Å²) in [5.74, 6) is 0.649. The van der Waals surface area contributed by atoms with Gasteiger partial charge in [-0.3, -0.25) is 9.78 Å². The highest BCUT2D eigenvalue weighted by Gasteiger charge is 2.29. The lowest BCUT2D eigenvalue weighted by molar-refractivity contribution is 0.103. The first-order valence-corrected chi connectivity index (χ1v) is 12.5. The average molecular weight is 476 g/mol. The summed E-state index contributed by atoms with van der Waals surface area (Å²) in [5.41, 5.74) is 1.85. The predicted octanol–water partition coefficient (Wildman–Crippen LogP) is 5.40. The van der Waals surface area contributed by atoms with Gasteiger partial charge in [0, 0.05) is 17.1 Å². The summed E-state index contributed by atoms with van der Waals surface area (Å²) in [5, 5.41) is 0.331. The molecule has 4 aromatic rings. The average Bonchev–Trinajstić information content (AvgIpc) is 2.84. The molecule has 6 nitrogen and oxygen atoms in total. The summed E-state index contributed by atoms with van der Waals surface area (Å²) in [6, 6.07) is 18.2. The van der Waals surface area contributed by atoms with Gasteiger partial charge < -0.3 is 9.47 Å². The number of aromatic nitrogens is 1. The number of carbonyl (C=O) groups is 1. The first-order valence-electron chi connectivity index (χ1n) is 11.0. The molecule has 0 aliphatic carbocycles. The number of ketones is 1. The molecule has 7 heteroatoms. The number of rotatable bonds is 8. The van der Waals surface area contributed by atoms with Crippen LogP contribution in [0.25, 0.3) is 10.9 Å². The van der Waals surface area contributed by atoms with E-state index in [0.29, 0.717) is 41.2 Å². The fourth-order valence-corrected chi connectivity index (χ4v) is 5.33. The third kappa shape index (κ3) is 4.52. The van der Waals surface area contributed by atoms with Crippen LogP contribution in [0.5, 0.6) is 11.5 Å². The number of aryl methyl sites for hydroxylation is 1. The van der Waals surface area contributed by atoms with Crippen molar-refractivity contribution in [2.45, 2.75) is 30.6 Å². The van der Waals surface area contributed by atoms with Crippen LogP contribution in [-0.2, 0) is 9.84 Å². The highest BCUT2D eigenvalue weighted by atomic mass is 32.2. The lowest BCUT2D eigenvalue weighted by Gasteiger charge is -2.14. The second-order valence-corrected chi connectivity index (χ2v) is 9.60. The Labute approximate surface area is 199 Å². The molecule has 0 N–H and O–H groups in total. The molecule has 0 radical (unpaired) electrons. The first-order chi connectivity index (χ1) is 16.3. The van der Waals surface area contributed by atoms with Crippen LogP contribution in [0.1, 0.15) is 35.3 Å². The molecule has 0 aliphatic rings. The number of fused-ring (bicyclic) bond motifs is 1. The highest BCUT2D eigenvalue weighted by molar-refractivity contribution is 7.91. The zero-order chi connectivity index (χ0) is 24.3. The molecule has 174 valence electrons. The predicted molar refractivity (Wildman–Crippen MR) is 131 cm³/mol. The van der Waals surface area contributed by atoms with Crippen molar-refractivity contribution in [3.05, 3.63) is 89.6 Å².